The van der Waals surface area contributed by atoms with Crippen molar-refractivity contribution >= 4 is 23.6 Å². The molecule has 2 aliphatic rings. The van der Waals surface area contributed by atoms with Crippen molar-refractivity contribution in [3.8, 4) is 5.69 Å². The number of alkyl carbamates (subject to hydrolysis) is 1. The first-order valence-electron chi connectivity index (χ1n) is 14.2. The predicted molar refractivity (Wildman–Crippen MR) is 155 cm³/mol. The first-order valence-corrected chi connectivity index (χ1v) is 15.2. The summed E-state index contributed by atoms with van der Waals surface area (Å²) in [6.45, 7) is 4.40. The lowest BCUT2D eigenvalue weighted by atomic mass is 9.71. The van der Waals surface area contributed by atoms with Crippen LogP contribution in [0.2, 0.25) is 0 Å². The number of aromatic nitrogens is 2. The number of carbonyl (C=O) groups is 2. The zero-order chi connectivity index (χ0) is 28.0. The van der Waals surface area contributed by atoms with Crippen LogP contribution in [0.5, 0.6) is 0 Å². The zero-order valence-electron chi connectivity index (χ0n) is 23.2. The molecule has 1 amide bonds. The molecule has 2 unspecified atom stereocenters. The van der Waals surface area contributed by atoms with Gasteiger partial charge in [-0.15, -0.1) is 5.06 Å². The summed E-state index contributed by atoms with van der Waals surface area (Å²) in [5.41, 5.74) is 2.06. The maximum atomic E-state index is 13.3. The van der Waals surface area contributed by atoms with Gasteiger partial charge in [-0.25, -0.2) is 9.78 Å². The third-order valence-electron chi connectivity index (χ3n) is 7.87. The molecule has 1 saturated heterocycles. The van der Waals surface area contributed by atoms with Crippen molar-refractivity contribution in [3.05, 3.63) is 78.6 Å². The molecule has 40 heavy (non-hydrogen) atoms. The summed E-state index contributed by atoms with van der Waals surface area (Å²) in [6, 6.07) is 19.4. The lowest BCUT2D eigenvalue weighted by Gasteiger charge is -2.40. The molecule has 2 heterocycles. The minimum absolute atomic E-state index is 0.0533. The summed E-state index contributed by atoms with van der Waals surface area (Å²) in [5.74, 6) is 0.680. The van der Waals surface area contributed by atoms with Gasteiger partial charge in [0.25, 0.3) is 0 Å². The number of Topliss-reactive ketones (excluding diaryl/α,β-unsaturated/α-hetero) is 1. The second-order valence-electron chi connectivity index (χ2n) is 10.8. The Kier molecular flexibility index (Phi) is 9.24. The number of unbranched alkanes of at least 4 members (excludes halogenated alkanes) is 1. The lowest BCUT2D eigenvalue weighted by molar-refractivity contribution is -0.122. The van der Waals surface area contributed by atoms with Gasteiger partial charge in [0.2, 0.25) is 12.0 Å². The highest BCUT2D eigenvalue weighted by molar-refractivity contribution is 7.99. The number of benzene rings is 2. The van der Waals surface area contributed by atoms with E-state index < -0.39 is 18.4 Å². The van der Waals surface area contributed by atoms with Crippen molar-refractivity contribution in [2.75, 3.05) is 12.4 Å². The molecule has 9 heteroatoms. The van der Waals surface area contributed by atoms with Crippen LogP contribution in [-0.2, 0) is 14.4 Å². The largest absolute Gasteiger partial charge is 0.449 e. The van der Waals surface area contributed by atoms with Gasteiger partial charge in [-0.3, -0.25) is 14.2 Å². The number of ether oxygens (including phenoxy) is 1. The third-order valence-corrected chi connectivity index (χ3v) is 9.19. The maximum absolute atomic E-state index is 13.3. The van der Waals surface area contributed by atoms with E-state index in [4.69, 9.17) is 9.57 Å². The van der Waals surface area contributed by atoms with Crippen LogP contribution in [0.25, 0.3) is 5.69 Å². The fourth-order valence-corrected chi connectivity index (χ4v) is 6.36. The number of carbonyl (C=O) groups excluding carboxylic acids is 2. The Morgan fingerprint density at radius 1 is 1.15 bits per heavy atom. The van der Waals surface area contributed by atoms with Crippen LogP contribution in [0.4, 0.5) is 4.79 Å². The van der Waals surface area contributed by atoms with Crippen LogP contribution in [0.15, 0.2) is 78.2 Å². The third kappa shape index (κ3) is 6.77. The van der Waals surface area contributed by atoms with E-state index in [0.29, 0.717) is 13.0 Å². The van der Waals surface area contributed by atoms with Crippen molar-refractivity contribution in [2.24, 2.45) is 5.41 Å². The van der Waals surface area contributed by atoms with Gasteiger partial charge in [0.15, 0.2) is 5.16 Å². The number of imidazole rings is 1. The molecule has 0 radical (unpaired) electrons. The van der Waals surface area contributed by atoms with Crippen molar-refractivity contribution in [1.82, 2.24) is 19.9 Å². The molecule has 1 aromatic heterocycles. The molecule has 1 saturated carbocycles. The average molecular weight is 563 g/mol. The van der Waals surface area contributed by atoms with Gasteiger partial charge in [-0.1, -0.05) is 86.5 Å². The van der Waals surface area contributed by atoms with Gasteiger partial charge in [0, 0.05) is 29.2 Å². The number of amides is 1. The molecule has 1 aliphatic carbocycles. The van der Waals surface area contributed by atoms with Gasteiger partial charge in [0.1, 0.15) is 0 Å². The smallest absolute Gasteiger partial charge is 0.407 e. The molecule has 212 valence electrons. The molecule has 2 fully saturated rings. The van der Waals surface area contributed by atoms with Gasteiger partial charge in [-0.2, -0.15) is 0 Å². The first kappa shape index (κ1) is 28.4. The fourth-order valence-electron chi connectivity index (χ4n) is 5.11. The molecule has 0 bridgehead atoms. The number of hydroxylamine groups is 2. The van der Waals surface area contributed by atoms with Crippen LogP contribution in [0.3, 0.4) is 0 Å². The van der Waals surface area contributed by atoms with Crippen molar-refractivity contribution in [3.63, 3.8) is 0 Å². The van der Waals surface area contributed by atoms with Gasteiger partial charge in [-0.05, 0) is 43.9 Å². The number of nitrogens with one attached hydrogen (secondary N) is 1. The second-order valence-corrected chi connectivity index (χ2v) is 11.7. The van der Waals surface area contributed by atoms with Crippen molar-refractivity contribution < 1.29 is 19.2 Å². The van der Waals surface area contributed by atoms with Gasteiger partial charge in [0.05, 0.1) is 18.7 Å². The number of ketones is 1. The number of thioether (sulfide) groups is 1. The molecule has 4 atom stereocenters. The summed E-state index contributed by atoms with van der Waals surface area (Å²) >= 11 is 1.69. The van der Waals surface area contributed by atoms with Crippen LogP contribution in [-0.4, -0.2) is 51.1 Å². The Bertz CT molecular complexity index is 1260. The Labute approximate surface area is 240 Å². The Morgan fingerprint density at radius 2 is 1.88 bits per heavy atom. The molecule has 2 aromatic carbocycles. The highest BCUT2D eigenvalue weighted by Gasteiger charge is 2.49. The minimum atomic E-state index is -0.653. The van der Waals surface area contributed by atoms with Crippen molar-refractivity contribution in [2.45, 2.75) is 75.8 Å². The molecule has 1 aliphatic heterocycles. The van der Waals surface area contributed by atoms with Gasteiger partial charge < -0.3 is 10.1 Å². The maximum Gasteiger partial charge on any atom is 0.407 e. The van der Waals surface area contributed by atoms with E-state index in [1.165, 1.54) is 0 Å². The summed E-state index contributed by atoms with van der Waals surface area (Å²) in [5, 5.41) is 5.47. The van der Waals surface area contributed by atoms with Crippen LogP contribution >= 0.6 is 11.8 Å². The van der Waals surface area contributed by atoms with E-state index in [0.717, 1.165) is 54.3 Å². The number of nitrogens with zero attached hydrogens (tertiary/aromatic N) is 3. The minimum Gasteiger partial charge on any atom is -0.449 e. The van der Waals surface area contributed by atoms with Crippen LogP contribution < -0.4 is 5.32 Å². The van der Waals surface area contributed by atoms with Gasteiger partial charge >= 0.3 is 6.09 Å². The molecule has 8 nitrogen and oxygen atoms in total. The van der Waals surface area contributed by atoms with E-state index in [1.54, 1.807) is 16.8 Å². The SMILES string of the molecule is CCCC[C@H](NC(=O)OCC1(CSc2nccn2-c2ccccc2)CCC1)C(=O)C1ON1[C@H](C)c1ccccc1. The molecular formula is C31H38N4O4S. The topological polar surface area (TPSA) is 88.8 Å². The first-order chi connectivity index (χ1) is 19.5. The highest BCUT2D eigenvalue weighted by atomic mass is 32.2. The standard InChI is InChI=1S/C31H38N4O4S/c1-3-4-16-26(27(36)28-35(39-28)23(2)24-12-7-5-8-13-24)33-30(37)38-21-31(17-11-18-31)22-40-29-32-19-20-34(29)25-14-9-6-10-15-25/h5-10,12-15,19-20,23,26,28H,3-4,11,16-18,21-22H2,1-2H3,(H,33,37)/t23-,26+,28?,35?/m1/s1. The quantitative estimate of drug-likeness (QED) is 0.182. The summed E-state index contributed by atoms with van der Waals surface area (Å²) in [7, 11) is 0. The Morgan fingerprint density at radius 3 is 2.55 bits per heavy atom. The average Bonchev–Trinajstić information content (AvgIpc) is 3.63. The molecular weight excluding hydrogens is 524 g/mol. The number of para-hydroxylation sites is 1. The van der Waals surface area contributed by atoms with E-state index >= 15 is 0 Å². The number of rotatable bonds is 14. The van der Waals surface area contributed by atoms with E-state index in [1.807, 2.05) is 67.8 Å². The fraction of sp³-hybridized carbons (Fsp3) is 0.452. The summed E-state index contributed by atoms with van der Waals surface area (Å²) in [6.07, 6.45) is 8.01. The number of hydrogen-bond donors (Lipinski definition) is 1. The summed E-state index contributed by atoms with van der Waals surface area (Å²) in [4.78, 5) is 36.4. The van der Waals surface area contributed by atoms with E-state index in [-0.39, 0.29) is 17.2 Å². The highest BCUT2D eigenvalue weighted by Crippen LogP contribution is 2.45. The Hall–Kier alpha value is -3.14. The molecule has 0 spiro atoms. The molecule has 1 N–H and O–H groups in total. The number of hydrogen-bond acceptors (Lipinski definition) is 7. The van der Waals surface area contributed by atoms with E-state index in [9.17, 15) is 9.59 Å². The molecule has 3 aromatic rings. The summed E-state index contributed by atoms with van der Waals surface area (Å²) < 4.78 is 7.82. The monoisotopic (exact) mass is 562 g/mol. The van der Waals surface area contributed by atoms with Crippen LogP contribution in [0.1, 0.15) is 64.0 Å². The zero-order valence-corrected chi connectivity index (χ0v) is 24.0. The van der Waals surface area contributed by atoms with Crippen LogP contribution in [0, 0.1) is 5.41 Å². The second kappa shape index (κ2) is 13.0. The normalized spacial score (nSPS) is 20.6. The van der Waals surface area contributed by atoms with E-state index in [2.05, 4.69) is 33.9 Å². The van der Waals surface area contributed by atoms with Crippen molar-refractivity contribution in [1.29, 1.82) is 0 Å². The Balaban J connectivity index is 1.14. The lowest BCUT2D eigenvalue weighted by Crippen LogP contribution is -2.45. The molecule has 5 rings (SSSR count). The predicted octanol–water partition coefficient (Wildman–Crippen LogP) is 6.32.